The predicted molar refractivity (Wildman–Crippen MR) is 113 cm³/mol. The van der Waals surface area contributed by atoms with Crippen molar-refractivity contribution in [3.8, 4) is 5.75 Å². The first kappa shape index (κ1) is 23.2. The molecule has 0 fully saturated rings. The molecule has 1 atom stereocenters. The van der Waals surface area contributed by atoms with E-state index in [-0.39, 0.29) is 29.6 Å². The zero-order valence-electron chi connectivity index (χ0n) is 16.9. The highest BCUT2D eigenvalue weighted by Crippen LogP contribution is 2.31. The second kappa shape index (κ2) is 10.1. The Morgan fingerprint density at radius 2 is 1.86 bits per heavy atom. The first-order chi connectivity index (χ1) is 13.7. The maximum absolute atomic E-state index is 13.2. The monoisotopic (exact) mass is 439 g/mol. The molecule has 0 spiro atoms. The standard InChI is InChI=1S/C21H26ClNO5S/c1-5-28-21(24)13-18(16-8-6-7-9-17(16)22)23-29(25,26)20-12-15(14(2)3)10-11-19(20)27-4/h6-12,14,18,23H,5,13H2,1-4H3. The van der Waals surface area contributed by atoms with E-state index in [1.165, 1.54) is 7.11 Å². The van der Waals surface area contributed by atoms with Crippen molar-refractivity contribution in [3.05, 3.63) is 58.6 Å². The minimum absolute atomic E-state index is 0.00659. The third-order valence-electron chi connectivity index (χ3n) is 4.40. The molecule has 1 unspecified atom stereocenters. The second-order valence-corrected chi connectivity index (χ2v) is 8.86. The summed E-state index contributed by atoms with van der Waals surface area (Å²) in [6.45, 7) is 5.83. The summed E-state index contributed by atoms with van der Waals surface area (Å²) in [6.07, 6.45) is -0.191. The number of nitrogens with one attached hydrogen (secondary N) is 1. The molecule has 0 bridgehead atoms. The molecule has 8 heteroatoms. The molecule has 0 aliphatic heterocycles. The molecule has 0 saturated carbocycles. The zero-order chi connectivity index (χ0) is 21.6. The number of esters is 1. The minimum Gasteiger partial charge on any atom is -0.495 e. The van der Waals surface area contributed by atoms with Crippen molar-refractivity contribution in [1.29, 1.82) is 0 Å². The van der Waals surface area contributed by atoms with E-state index in [9.17, 15) is 13.2 Å². The summed E-state index contributed by atoms with van der Waals surface area (Å²) in [5, 5.41) is 0.354. The van der Waals surface area contributed by atoms with E-state index >= 15 is 0 Å². The van der Waals surface area contributed by atoms with E-state index in [1.807, 2.05) is 19.9 Å². The lowest BCUT2D eigenvalue weighted by Gasteiger charge is -2.21. The van der Waals surface area contributed by atoms with Gasteiger partial charge >= 0.3 is 5.97 Å². The molecular weight excluding hydrogens is 414 g/mol. The van der Waals surface area contributed by atoms with Crippen LogP contribution in [0, 0.1) is 0 Å². The highest BCUT2D eigenvalue weighted by atomic mass is 35.5. The Balaban J connectivity index is 2.47. The van der Waals surface area contributed by atoms with Gasteiger partial charge in [-0.2, -0.15) is 0 Å². The fourth-order valence-corrected chi connectivity index (χ4v) is 4.56. The Morgan fingerprint density at radius 1 is 1.17 bits per heavy atom. The molecule has 2 rings (SSSR count). The summed E-state index contributed by atoms with van der Waals surface area (Å²) in [7, 11) is -2.61. The molecule has 0 radical (unpaired) electrons. The molecule has 0 aliphatic rings. The largest absolute Gasteiger partial charge is 0.495 e. The molecule has 158 valence electrons. The SMILES string of the molecule is CCOC(=O)CC(NS(=O)(=O)c1cc(C(C)C)ccc1OC)c1ccccc1Cl. The molecule has 0 saturated heterocycles. The Bertz CT molecular complexity index is 959. The van der Waals surface area contributed by atoms with Gasteiger partial charge in [-0.25, -0.2) is 13.1 Å². The quantitative estimate of drug-likeness (QED) is 0.584. The van der Waals surface area contributed by atoms with E-state index in [2.05, 4.69) is 4.72 Å². The van der Waals surface area contributed by atoms with Crippen LogP contribution in [0.2, 0.25) is 5.02 Å². The molecule has 0 heterocycles. The first-order valence-corrected chi connectivity index (χ1v) is 11.2. The highest BCUT2D eigenvalue weighted by Gasteiger charge is 2.28. The number of rotatable bonds is 9. The van der Waals surface area contributed by atoms with Crippen molar-refractivity contribution in [2.24, 2.45) is 0 Å². The van der Waals surface area contributed by atoms with Crippen molar-refractivity contribution in [2.45, 2.75) is 44.0 Å². The lowest BCUT2D eigenvalue weighted by atomic mass is 10.0. The fraction of sp³-hybridized carbons (Fsp3) is 0.381. The molecular formula is C21H26ClNO5S. The van der Waals surface area contributed by atoms with Crippen LogP contribution in [-0.2, 0) is 19.6 Å². The van der Waals surface area contributed by atoms with Crippen LogP contribution in [0.5, 0.6) is 5.75 Å². The second-order valence-electron chi connectivity index (χ2n) is 6.77. The molecule has 0 aromatic heterocycles. The van der Waals surface area contributed by atoms with Gasteiger partial charge in [0.25, 0.3) is 0 Å². The molecule has 0 amide bonds. The maximum atomic E-state index is 13.2. The van der Waals surface area contributed by atoms with Crippen molar-refractivity contribution in [2.75, 3.05) is 13.7 Å². The molecule has 1 N–H and O–H groups in total. The van der Waals surface area contributed by atoms with Gasteiger partial charge in [0.05, 0.1) is 26.2 Å². The number of hydrogen-bond acceptors (Lipinski definition) is 5. The van der Waals surface area contributed by atoms with Crippen molar-refractivity contribution < 1.29 is 22.7 Å². The summed E-state index contributed by atoms with van der Waals surface area (Å²) < 4.78 is 39.3. The topological polar surface area (TPSA) is 81.7 Å². The van der Waals surface area contributed by atoms with E-state index in [0.717, 1.165) is 5.56 Å². The predicted octanol–water partition coefficient (Wildman–Crippen LogP) is 4.44. The number of methoxy groups -OCH3 is 1. The van der Waals surface area contributed by atoms with E-state index in [0.29, 0.717) is 10.6 Å². The van der Waals surface area contributed by atoms with Gasteiger partial charge in [0.1, 0.15) is 10.6 Å². The van der Waals surface area contributed by atoms with Crippen molar-refractivity contribution >= 4 is 27.6 Å². The Labute approximate surface area is 177 Å². The van der Waals surface area contributed by atoms with Gasteiger partial charge in [-0.15, -0.1) is 0 Å². The maximum Gasteiger partial charge on any atom is 0.307 e. The summed E-state index contributed by atoms with van der Waals surface area (Å²) in [5.74, 6) is -0.173. The minimum atomic E-state index is -4.03. The third kappa shape index (κ3) is 5.95. The molecule has 2 aromatic carbocycles. The van der Waals surface area contributed by atoms with Crippen LogP contribution in [0.25, 0.3) is 0 Å². The van der Waals surface area contributed by atoms with Gasteiger partial charge in [0.2, 0.25) is 10.0 Å². The van der Waals surface area contributed by atoms with Gasteiger partial charge in [0.15, 0.2) is 0 Å². The smallest absolute Gasteiger partial charge is 0.307 e. The van der Waals surface area contributed by atoms with Crippen molar-refractivity contribution in [1.82, 2.24) is 4.72 Å². The number of carbonyl (C=O) groups is 1. The van der Waals surface area contributed by atoms with Crippen LogP contribution in [0.3, 0.4) is 0 Å². The summed E-state index contributed by atoms with van der Waals surface area (Å²) in [5.41, 5.74) is 1.34. The number of sulfonamides is 1. The summed E-state index contributed by atoms with van der Waals surface area (Å²) in [4.78, 5) is 12.1. The van der Waals surface area contributed by atoms with Crippen molar-refractivity contribution in [3.63, 3.8) is 0 Å². The van der Waals surface area contributed by atoms with Crippen LogP contribution < -0.4 is 9.46 Å². The Morgan fingerprint density at radius 3 is 2.45 bits per heavy atom. The van der Waals surface area contributed by atoms with E-state index in [4.69, 9.17) is 21.1 Å². The lowest BCUT2D eigenvalue weighted by Crippen LogP contribution is -2.31. The highest BCUT2D eigenvalue weighted by molar-refractivity contribution is 7.89. The first-order valence-electron chi connectivity index (χ1n) is 9.29. The number of benzene rings is 2. The number of halogens is 1. The van der Waals surface area contributed by atoms with Crippen LogP contribution in [-0.4, -0.2) is 28.1 Å². The summed E-state index contributed by atoms with van der Waals surface area (Å²) in [6, 6.07) is 10.9. The summed E-state index contributed by atoms with van der Waals surface area (Å²) >= 11 is 6.27. The normalized spacial score (nSPS) is 12.6. The fourth-order valence-electron chi connectivity index (χ4n) is 2.87. The van der Waals surface area contributed by atoms with Crippen LogP contribution in [0.1, 0.15) is 50.3 Å². The van der Waals surface area contributed by atoms with Gasteiger partial charge in [-0.3, -0.25) is 4.79 Å². The van der Waals surface area contributed by atoms with Gasteiger partial charge in [-0.05, 0) is 42.2 Å². The van der Waals surface area contributed by atoms with Gasteiger partial charge < -0.3 is 9.47 Å². The molecule has 0 aliphatic carbocycles. The van der Waals surface area contributed by atoms with Gasteiger partial charge in [0, 0.05) is 5.02 Å². The number of hydrogen-bond donors (Lipinski definition) is 1. The van der Waals surface area contributed by atoms with Gasteiger partial charge in [-0.1, -0.05) is 49.7 Å². The molecule has 6 nitrogen and oxygen atoms in total. The van der Waals surface area contributed by atoms with E-state index < -0.39 is 22.0 Å². The molecule has 29 heavy (non-hydrogen) atoms. The Kier molecular flexibility index (Phi) is 8.07. The van der Waals surface area contributed by atoms with Crippen LogP contribution in [0.4, 0.5) is 0 Å². The lowest BCUT2D eigenvalue weighted by molar-refractivity contribution is -0.143. The van der Waals surface area contributed by atoms with Crippen LogP contribution in [0.15, 0.2) is 47.4 Å². The number of ether oxygens (including phenoxy) is 2. The zero-order valence-corrected chi connectivity index (χ0v) is 18.5. The Hall–Kier alpha value is -2.09. The van der Waals surface area contributed by atoms with Crippen LogP contribution >= 0.6 is 11.6 Å². The average molecular weight is 440 g/mol. The van der Waals surface area contributed by atoms with E-state index in [1.54, 1.807) is 43.3 Å². The average Bonchev–Trinajstić information content (AvgIpc) is 2.67. The number of carbonyl (C=O) groups excluding carboxylic acids is 1. The molecule has 2 aromatic rings. The third-order valence-corrected chi connectivity index (χ3v) is 6.24.